The molecule has 0 aromatic carbocycles. The number of carbonyl (C=O) groups is 1. The van der Waals surface area contributed by atoms with Crippen LogP contribution in [0.2, 0.25) is 0 Å². The molecule has 0 aromatic heterocycles. The molecule has 3 aliphatic rings. The number of ketones is 1. The van der Waals surface area contributed by atoms with E-state index < -0.39 is 0 Å². The Labute approximate surface area is 96.0 Å². The lowest BCUT2D eigenvalue weighted by atomic mass is 9.80. The van der Waals surface area contributed by atoms with Crippen molar-refractivity contribution >= 4 is 28.4 Å². The van der Waals surface area contributed by atoms with Gasteiger partial charge < -0.3 is 9.47 Å². The number of carbonyl (C=O) groups excluding carboxylic acids is 1. The van der Waals surface area contributed by atoms with E-state index in [-0.39, 0.29) is 29.8 Å². The van der Waals surface area contributed by atoms with E-state index in [1.165, 1.54) is 0 Å². The molecule has 4 heteroatoms. The predicted molar refractivity (Wildman–Crippen MR) is 57.9 cm³/mol. The highest BCUT2D eigenvalue weighted by Crippen LogP contribution is 2.53. The summed E-state index contributed by atoms with van der Waals surface area (Å²) in [6.45, 7) is 0. The third-order valence-corrected chi connectivity index (χ3v) is 4.59. The summed E-state index contributed by atoms with van der Waals surface area (Å²) in [4.78, 5) is 11.9. The Kier molecular flexibility index (Phi) is 1.93. The zero-order chi connectivity index (χ0) is 9.87. The van der Waals surface area contributed by atoms with E-state index in [1.54, 1.807) is 7.11 Å². The van der Waals surface area contributed by atoms with Gasteiger partial charge in [0.2, 0.25) is 0 Å². The normalized spacial score (nSPS) is 44.9. The van der Waals surface area contributed by atoms with Crippen molar-refractivity contribution in [3.8, 4) is 0 Å². The van der Waals surface area contributed by atoms with E-state index in [2.05, 4.69) is 22.6 Å². The van der Waals surface area contributed by atoms with Crippen LogP contribution in [0.4, 0.5) is 0 Å². The molecule has 2 fully saturated rings. The van der Waals surface area contributed by atoms with Gasteiger partial charge in [0.15, 0.2) is 5.78 Å². The molecule has 0 N–H and O–H groups in total. The maximum Gasteiger partial charge on any atom is 0.178 e. The highest BCUT2D eigenvalue weighted by molar-refractivity contribution is 14.1. The third kappa shape index (κ3) is 0.934. The average Bonchev–Trinajstić information content (AvgIpc) is 2.82. The lowest BCUT2D eigenvalue weighted by Crippen LogP contribution is -2.29. The van der Waals surface area contributed by atoms with Crippen molar-refractivity contribution in [1.29, 1.82) is 0 Å². The SMILES string of the molecule is COC1=C(I)C(=O)[C@H]2[C@@H]1[C@H]1CC[C@@H]2O1. The molecule has 0 spiro atoms. The Hall–Kier alpha value is -0.100. The second-order valence-corrected chi connectivity index (χ2v) is 5.17. The van der Waals surface area contributed by atoms with E-state index in [0.29, 0.717) is 0 Å². The summed E-state index contributed by atoms with van der Waals surface area (Å²) in [5, 5.41) is 0. The fourth-order valence-electron chi connectivity index (χ4n) is 2.98. The largest absolute Gasteiger partial charge is 0.499 e. The Morgan fingerprint density at radius 2 is 2.00 bits per heavy atom. The lowest BCUT2D eigenvalue weighted by molar-refractivity contribution is -0.119. The smallest absolute Gasteiger partial charge is 0.178 e. The number of allylic oxidation sites excluding steroid dienone is 1. The molecule has 2 heterocycles. The molecule has 2 aliphatic heterocycles. The van der Waals surface area contributed by atoms with E-state index in [4.69, 9.17) is 9.47 Å². The zero-order valence-electron chi connectivity index (χ0n) is 7.83. The molecule has 76 valence electrons. The summed E-state index contributed by atoms with van der Waals surface area (Å²) in [5.41, 5.74) is 0. The second-order valence-electron chi connectivity index (χ2n) is 4.09. The van der Waals surface area contributed by atoms with Crippen molar-refractivity contribution in [2.75, 3.05) is 7.11 Å². The molecule has 0 aromatic rings. The minimum absolute atomic E-state index is 0.0654. The minimum Gasteiger partial charge on any atom is -0.499 e. The van der Waals surface area contributed by atoms with Crippen molar-refractivity contribution in [3.63, 3.8) is 0 Å². The molecule has 0 saturated carbocycles. The molecule has 3 nitrogen and oxygen atoms in total. The second kappa shape index (κ2) is 2.95. The van der Waals surface area contributed by atoms with Gasteiger partial charge in [-0.25, -0.2) is 0 Å². The lowest BCUT2D eigenvalue weighted by Gasteiger charge is -2.21. The van der Waals surface area contributed by atoms with E-state index in [0.717, 1.165) is 22.2 Å². The number of halogens is 1. The van der Waals surface area contributed by atoms with Crippen molar-refractivity contribution in [3.05, 3.63) is 9.34 Å². The number of methoxy groups -OCH3 is 1. The van der Waals surface area contributed by atoms with Crippen LogP contribution in [0.1, 0.15) is 12.8 Å². The number of Topliss-reactive ketones (excluding diaryl/α,β-unsaturated/α-hetero) is 1. The van der Waals surface area contributed by atoms with Gasteiger partial charge in [0, 0.05) is 0 Å². The first-order valence-corrected chi connectivity index (χ1v) is 5.95. The fraction of sp³-hybridized carbons (Fsp3) is 0.700. The predicted octanol–water partition coefficient (Wildman–Crippen LogP) is 1.66. The van der Waals surface area contributed by atoms with E-state index in [9.17, 15) is 4.79 Å². The standard InChI is InChI=1S/C10H11IO3/c1-13-10-7-5-3-2-4(14-5)6(7)9(12)8(10)11/h4-7H,2-3H2,1H3/t4-,5+,6+,7-/m0/s1. The molecule has 1 aliphatic carbocycles. The van der Waals surface area contributed by atoms with Gasteiger partial charge in [-0.1, -0.05) is 0 Å². The van der Waals surface area contributed by atoms with Crippen LogP contribution in [0.3, 0.4) is 0 Å². The summed E-state index contributed by atoms with van der Waals surface area (Å²) in [5.74, 6) is 1.39. The highest BCUT2D eigenvalue weighted by atomic mass is 127. The first-order chi connectivity index (χ1) is 6.74. The van der Waals surface area contributed by atoms with Crippen LogP contribution in [-0.4, -0.2) is 25.1 Å². The zero-order valence-corrected chi connectivity index (χ0v) is 9.98. The van der Waals surface area contributed by atoms with Gasteiger partial charge >= 0.3 is 0 Å². The summed E-state index contributed by atoms with van der Waals surface area (Å²) in [6, 6.07) is 0. The van der Waals surface area contributed by atoms with Crippen molar-refractivity contribution in [2.24, 2.45) is 11.8 Å². The number of ether oxygens (including phenoxy) is 2. The number of hydrogen-bond donors (Lipinski definition) is 0. The van der Waals surface area contributed by atoms with Gasteiger partial charge in [0.25, 0.3) is 0 Å². The number of hydrogen-bond acceptors (Lipinski definition) is 3. The van der Waals surface area contributed by atoms with Crippen LogP contribution in [0.15, 0.2) is 9.34 Å². The topological polar surface area (TPSA) is 35.5 Å². The maximum absolute atomic E-state index is 11.9. The molecule has 3 rings (SSSR count). The monoisotopic (exact) mass is 306 g/mol. The Morgan fingerprint density at radius 1 is 1.36 bits per heavy atom. The first kappa shape index (κ1) is 9.15. The molecular formula is C10H11IO3. The summed E-state index contributed by atoms with van der Waals surface area (Å²) in [7, 11) is 1.65. The Morgan fingerprint density at radius 3 is 2.64 bits per heavy atom. The number of fused-ring (bicyclic) bond motifs is 5. The highest BCUT2D eigenvalue weighted by Gasteiger charge is 2.58. The van der Waals surface area contributed by atoms with Gasteiger partial charge in [0.1, 0.15) is 5.76 Å². The molecule has 2 saturated heterocycles. The molecule has 14 heavy (non-hydrogen) atoms. The van der Waals surface area contributed by atoms with Crippen LogP contribution in [0.5, 0.6) is 0 Å². The van der Waals surface area contributed by atoms with Crippen LogP contribution in [0, 0.1) is 11.8 Å². The minimum atomic E-state index is 0.0654. The van der Waals surface area contributed by atoms with Gasteiger partial charge in [0.05, 0.1) is 34.7 Å². The van der Waals surface area contributed by atoms with Crippen LogP contribution in [0.25, 0.3) is 0 Å². The van der Waals surface area contributed by atoms with E-state index in [1.807, 2.05) is 0 Å². The van der Waals surface area contributed by atoms with Crippen LogP contribution in [-0.2, 0) is 14.3 Å². The van der Waals surface area contributed by atoms with E-state index >= 15 is 0 Å². The number of rotatable bonds is 1. The molecule has 4 atom stereocenters. The van der Waals surface area contributed by atoms with Gasteiger partial charge in [-0.05, 0) is 35.4 Å². The van der Waals surface area contributed by atoms with Crippen molar-refractivity contribution < 1.29 is 14.3 Å². The quantitative estimate of drug-likeness (QED) is 0.691. The molecule has 0 unspecified atom stereocenters. The van der Waals surface area contributed by atoms with Gasteiger partial charge in [-0.3, -0.25) is 4.79 Å². The molecule has 0 amide bonds. The van der Waals surface area contributed by atoms with Crippen molar-refractivity contribution in [1.82, 2.24) is 0 Å². The summed E-state index contributed by atoms with van der Waals surface area (Å²) < 4.78 is 11.9. The van der Waals surface area contributed by atoms with Crippen LogP contribution < -0.4 is 0 Å². The molecule has 2 bridgehead atoms. The van der Waals surface area contributed by atoms with Crippen molar-refractivity contribution in [2.45, 2.75) is 25.0 Å². The molecular weight excluding hydrogens is 295 g/mol. The first-order valence-electron chi connectivity index (χ1n) is 4.87. The Bertz CT molecular complexity index is 336. The third-order valence-electron chi connectivity index (χ3n) is 3.53. The maximum atomic E-state index is 11.9. The molecule has 0 radical (unpaired) electrons. The summed E-state index contributed by atoms with van der Waals surface area (Å²) in [6.07, 6.45) is 2.51. The van der Waals surface area contributed by atoms with Gasteiger partial charge in [-0.15, -0.1) is 0 Å². The van der Waals surface area contributed by atoms with Crippen LogP contribution >= 0.6 is 22.6 Å². The average molecular weight is 306 g/mol. The fourth-order valence-corrected chi connectivity index (χ4v) is 3.92. The summed E-state index contributed by atoms with van der Waals surface area (Å²) >= 11 is 2.11. The Balaban J connectivity index is 2.04. The van der Waals surface area contributed by atoms with Gasteiger partial charge in [-0.2, -0.15) is 0 Å².